The van der Waals surface area contributed by atoms with E-state index >= 15 is 0 Å². The van der Waals surface area contributed by atoms with Crippen LogP contribution in [0.2, 0.25) is 0 Å². The molecular weight excluding hydrogens is 487 g/mol. The highest BCUT2D eigenvalue weighted by Gasteiger charge is 2.28. The van der Waals surface area contributed by atoms with E-state index in [-0.39, 0.29) is 17.6 Å². The number of fused-ring (bicyclic) bond motifs is 2. The van der Waals surface area contributed by atoms with E-state index in [4.69, 9.17) is 21.0 Å². The lowest BCUT2D eigenvalue weighted by atomic mass is 9.87. The second-order valence-electron chi connectivity index (χ2n) is 9.56. The third kappa shape index (κ3) is 3.90. The molecule has 2 unspecified atom stereocenters. The second kappa shape index (κ2) is 9.07. The first kappa shape index (κ1) is 23.8. The maximum atomic E-state index is 14.2. The molecule has 0 fully saturated rings. The number of benzene rings is 2. The van der Waals surface area contributed by atoms with E-state index in [1.54, 1.807) is 16.8 Å². The van der Waals surface area contributed by atoms with Gasteiger partial charge >= 0.3 is 5.63 Å². The molecule has 38 heavy (non-hydrogen) atoms. The standard InChI is InChI=1S/C28H25FN6O3/c1-14(25-22(15-6-8-18(30)9-7-15)20-4-2-3-5-21(20)28(37)38-25)35-27-23(26(31)32-13-33-27)24(34-35)16-10-17(29)12-19(36)11-16/h2-6,10-14,18,36H,7-9,30H2,1H3,(H2,31,32,33). The zero-order chi connectivity index (χ0) is 26.6. The third-order valence-corrected chi connectivity index (χ3v) is 7.06. The number of nitrogen functional groups attached to an aromatic ring is 1. The number of nitrogens with zero attached hydrogens (tertiary/aromatic N) is 4. The molecule has 0 bridgehead atoms. The van der Waals surface area contributed by atoms with Crippen LogP contribution in [0, 0.1) is 5.82 Å². The number of rotatable bonds is 4. The molecule has 0 aliphatic heterocycles. The molecule has 5 aromatic rings. The Kier molecular flexibility index (Phi) is 5.68. The van der Waals surface area contributed by atoms with Crippen LogP contribution in [0.1, 0.15) is 43.6 Å². The average molecular weight is 513 g/mol. The molecule has 5 N–H and O–H groups in total. The first-order valence-electron chi connectivity index (χ1n) is 12.3. The smallest absolute Gasteiger partial charge is 0.343 e. The van der Waals surface area contributed by atoms with E-state index in [1.165, 1.54) is 18.5 Å². The molecule has 6 rings (SSSR count). The molecule has 1 aliphatic rings. The van der Waals surface area contributed by atoms with Crippen molar-refractivity contribution in [2.75, 3.05) is 5.73 Å². The van der Waals surface area contributed by atoms with E-state index in [0.717, 1.165) is 41.9 Å². The Bertz CT molecular complexity index is 1790. The molecule has 192 valence electrons. The monoisotopic (exact) mass is 512 g/mol. The van der Waals surface area contributed by atoms with Gasteiger partial charge in [-0.15, -0.1) is 0 Å². The fourth-order valence-corrected chi connectivity index (χ4v) is 5.21. The molecule has 0 saturated heterocycles. The minimum atomic E-state index is -0.628. The maximum absolute atomic E-state index is 14.2. The maximum Gasteiger partial charge on any atom is 0.343 e. The molecular formula is C28H25FN6O3. The highest BCUT2D eigenvalue weighted by Crippen LogP contribution is 2.39. The van der Waals surface area contributed by atoms with E-state index < -0.39 is 17.5 Å². The summed E-state index contributed by atoms with van der Waals surface area (Å²) in [4.78, 5) is 21.6. The van der Waals surface area contributed by atoms with Gasteiger partial charge in [-0.3, -0.25) is 0 Å². The number of aromatic nitrogens is 4. The summed E-state index contributed by atoms with van der Waals surface area (Å²) < 4.78 is 21.8. The Hall–Kier alpha value is -4.57. The van der Waals surface area contributed by atoms with Crippen LogP contribution in [0.5, 0.6) is 5.75 Å². The summed E-state index contributed by atoms with van der Waals surface area (Å²) in [6.45, 7) is 1.85. The van der Waals surface area contributed by atoms with Crippen molar-refractivity contribution in [2.45, 2.75) is 38.3 Å². The molecule has 3 aromatic heterocycles. The van der Waals surface area contributed by atoms with Crippen molar-refractivity contribution >= 4 is 33.2 Å². The van der Waals surface area contributed by atoms with Gasteiger partial charge in [-0.05, 0) is 55.3 Å². The van der Waals surface area contributed by atoms with Crippen LogP contribution in [0.15, 0.2) is 64.1 Å². The molecule has 0 radical (unpaired) electrons. The first-order valence-corrected chi connectivity index (χ1v) is 12.3. The molecule has 0 amide bonds. The summed E-state index contributed by atoms with van der Waals surface area (Å²) >= 11 is 0. The Balaban J connectivity index is 1.62. The van der Waals surface area contributed by atoms with Crippen LogP contribution in [-0.2, 0) is 0 Å². The molecule has 0 spiro atoms. The summed E-state index contributed by atoms with van der Waals surface area (Å²) in [5.74, 6) is -0.310. The number of anilines is 1. The second-order valence-corrected chi connectivity index (χ2v) is 9.56. The quantitative estimate of drug-likeness (QED) is 0.318. The SMILES string of the molecule is CC(c1oc(=O)c2ccccc2c1C1=CCC(N)CC1)n1nc(-c2cc(O)cc(F)c2)c2c(N)ncnc21. The summed E-state index contributed by atoms with van der Waals surface area (Å²) in [5, 5.41) is 16.4. The molecule has 9 nitrogen and oxygen atoms in total. The van der Waals surface area contributed by atoms with Gasteiger partial charge in [0.15, 0.2) is 5.65 Å². The Morgan fingerprint density at radius 3 is 2.71 bits per heavy atom. The first-order chi connectivity index (χ1) is 18.3. The van der Waals surface area contributed by atoms with Crippen LogP contribution in [0.4, 0.5) is 10.2 Å². The van der Waals surface area contributed by atoms with Gasteiger partial charge < -0.3 is 21.0 Å². The zero-order valence-corrected chi connectivity index (χ0v) is 20.6. The van der Waals surface area contributed by atoms with Crippen molar-refractivity contribution in [3.63, 3.8) is 0 Å². The molecule has 2 aromatic carbocycles. The highest BCUT2D eigenvalue weighted by atomic mass is 19.1. The lowest BCUT2D eigenvalue weighted by Gasteiger charge is -2.23. The van der Waals surface area contributed by atoms with Crippen LogP contribution in [0.3, 0.4) is 0 Å². The predicted molar refractivity (Wildman–Crippen MR) is 143 cm³/mol. The van der Waals surface area contributed by atoms with Crippen molar-refractivity contribution < 1.29 is 13.9 Å². The van der Waals surface area contributed by atoms with Gasteiger partial charge in [0, 0.05) is 23.2 Å². The lowest BCUT2D eigenvalue weighted by Crippen LogP contribution is -2.22. The number of nitrogens with two attached hydrogens (primary N) is 2. The highest BCUT2D eigenvalue weighted by molar-refractivity contribution is 5.99. The summed E-state index contributed by atoms with van der Waals surface area (Å²) in [6, 6.07) is 10.5. The lowest BCUT2D eigenvalue weighted by molar-refractivity contribution is 0.401. The number of hydrogen-bond donors (Lipinski definition) is 3. The average Bonchev–Trinajstić information content (AvgIpc) is 3.30. The van der Waals surface area contributed by atoms with E-state index in [0.29, 0.717) is 33.4 Å². The normalized spacial score (nSPS) is 16.6. The van der Waals surface area contributed by atoms with E-state index in [9.17, 15) is 14.3 Å². The van der Waals surface area contributed by atoms with Crippen molar-refractivity contribution in [3.05, 3.63) is 82.4 Å². The molecule has 10 heteroatoms. The van der Waals surface area contributed by atoms with Gasteiger partial charge in [0.25, 0.3) is 0 Å². The van der Waals surface area contributed by atoms with Gasteiger partial charge in [0.1, 0.15) is 41.2 Å². The van der Waals surface area contributed by atoms with Crippen molar-refractivity contribution in [1.82, 2.24) is 19.7 Å². The van der Waals surface area contributed by atoms with E-state index in [2.05, 4.69) is 16.0 Å². The zero-order valence-electron chi connectivity index (χ0n) is 20.6. The number of halogens is 1. The Morgan fingerprint density at radius 2 is 1.97 bits per heavy atom. The largest absolute Gasteiger partial charge is 0.508 e. The van der Waals surface area contributed by atoms with Gasteiger partial charge in [0.05, 0.1) is 10.8 Å². The minimum Gasteiger partial charge on any atom is -0.508 e. The van der Waals surface area contributed by atoms with Crippen LogP contribution >= 0.6 is 0 Å². The van der Waals surface area contributed by atoms with Crippen LogP contribution in [-0.4, -0.2) is 30.9 Å². The number of phenols is 1. The third-order valence-electron chi connectivity index (χ3n) is 7.06. The molecule has 2 atom stereocenters. The number of aromatic hydroxyl groups is 1. The minimum absolute atomic E-state index is 0.0848. The number of hydrogen-bond acceptors (Lipinski definition) is 8. The fourth-order valence-electron chi connectivity index (χ4n) is 5.21. The van der Waals surface area contributed by atoms with Crippen molar-refractivity contribution in [3.8, 4) is 17.0 Å². The van der Waals surface area contributed by atoms with E-state index in [1.807, 2.05) is 19.1 Å². The predicted octanol–water partition coefficient (Wildman–Crippen LogP) is 4.53. The van der Waals surface area contributed by atoms with Gasteiger partial charge in [0.2, 0.25) is 0 Å². The Morgan fingerprint density at radius 1 is 1.18 bits per heavy atom. The van der Waals surface area contributed by atoms with Gasteiger partial charge in [-0.2, -0.15) is 5.10 Å². The van der Waals surface area contributed by atoms with Gasteiger partial charge in [-0.1, -0.05) is 24.3 Å². The molecule has 1 aliphatic carbocycles. The summed E-state index contributed by atoms with van der Waals surface area (Å²) in [5.41, 5.74) is 14.8. The summed E-state index contributed by atoms with van der Waals surface area (Å²) in [6.07, 6.45) is 5.70. The molecule has 3 heterocycles. The summed E-state index contributed by atoms with van der Waals surface area (Å²) in [7, 11) is 0. The van der Waals surface area contributed by atoms with Gasteiger partial charge in [-0.25, -0.2) is 23.8 Å². The number of phenolic OH excluding ortho intramolecular Hbond substituents is 1. The molecule has 0 saturated carbocycles. The van der Waals surface area contributed by atoms with Crippen molar-refractivity contribution in [1.29, 1.82) is 0 Å². The number of allylic oxidation sites excluding steroid dienone is 1. The Labute approximate surface area is 216 Å². The fraction of sp³-hybridized carbons (Fsp3) is 0.214. The van der Waals surface area contributed by atoms with Crippen molar-refractivity contribution in [2.24, 2.45) is 5.73 Å². The van der Waals surface area contributed by atoms with Crippen LogP contribution < -0.4 is 17.1 Å². The topological polar surface area (TPSA) is 146 Å². The van der Waals surface area contributed by atoms with Crippen LogP contribution in [0.25, 0.3) is 38.6 Å².